The summed E-state index contributed by atoms with van der Waals surface area (Å²) >= 11 is 0. The molecule has 0 radical (unpaired) electrons. The molecular formula is C25H33N3O6. The molecule has 0 unspecified atom stereocenters. The van der Waals surface area contributed by atoms with Gasteiger partial charge in [-0.1, -0.05) is 6.07 Å². The van der Waals surface area contributed by atoms with Crippen molar-refractivity contribution in [2.24, 2.45) is 0 Å². The van der Waals surface area contributed by atoms with Crippen molar-refractivity contribution in [1.29, 1.82) is 0 Å². The Morgan fingerprint density at radius 2 is 1.71 bits per heavy atom. The molecule has 3 rings (SSSR count). The number of aryl methyl sites for hydroxylation is 1. The second-order valence-corrected chi connectivity index (χ2v) is 9.03. The van der Waals surface area contributed by atoms with E-state index in [1.807, 2.05) is 24.3 Å². The molecule has 0 fully saturated rings. The molecular weight excluding hydrogens is 438 g/mol. The van der Waals surface area contributed by atoms with Crippen LogP contribution in [0.5, 0.6) is 17.2 Å². The first kappa shape index (κ1) is 25.0. The Labute approximate surface area is 200 Å². The number of hydrogen-bond acceptors (Lipinski definition) is 7. The lowest BCUT2D eigenvalue weighted by atomic mass is 9.93. The van der Waals surface area contributed by atoms with E-state index in [2.05, 4.69) is 16.2 Å². The average Bonchev–Trinajstić information content (AvgIpc) is 2.91. The van der Waals surface area contributed by atoms with Crippen molar-refractivity contribution >= 4 is 17.7 Å². The Morgan fingerprint density at radius 3 is 2.29 bits per heavy atom. The molecule has 1 aliphatic carbocycles. The third-order valence-corrected chi connectivity index (χ3v) is 5.40. The van der Waals surface area contributed by atoms with Crippen molar-refractivity contribution in [3.63, 3.8) is 0 Å². The maximum absolute atomic E-state index is 12.1. The average molecular weight is 472 g/mol. The lowest BCUT2D eigenvalue weighted by Gasteiger charge is -2.22. The van der Waals surface area contributed by atoms with Gasteiger partial charge in [0.2, 0.25) is 11.7 Å². The number of carbonyl (C=O) groups is 2. The first-order valence-corrected chi connectivity index (χ1v) is 11.1. The van der Waals surface area contributed by atoms with Crippen molar-refractivity contribution < 1.29 is 28.5 Å². The summed E-state index contributed by atoms with van der Waals surface area (Å²) in [5, 5.41) is 3.05. The summed E-state index contributed by atoms with van der Waals surface area (Å²) in [6, 6.07) is 7.38. The molecule has 0 spiro atoms. The van der Waals surface area contributed by atoms with E-state index in [0.29, 0.717) is 35.8 Å². The van der Waals surface area contributed by atoms with Gasteiger partial charge in [-0.25, -0.2) is 10.2 Å². The molecule has 34 heavy (non-hydrogen) atoms. The van der Waals surface area contributed by atoms with Crippen molar-refractivity contribution in [1.82, 2.24) is 10.7 Å². The molecule has 2 aromatic rings. The summed E-state index contributed by atoms with van der Waals surface area (Å²) in [4.78, 5) is 24.1. The van der Waals surface area contributed by atoms with Crippen LogP contribution >= 0.6 is 0 Å². The van der Waals surface area contributed by atoms with E-state index in [9.17, 15) is 9.59 Å². The number of fused-ring (bicyclic) bond motifs is 3. The van der Waals surface area contributed by atoms with E-state index in [1.54, 1.807) is 42.1 Å². The van der Waals surface area contributed by atoms with Crippen LogP contribution in [0.25, 0.3) is 11.1 Å². The molecule has 9 heteroatoms. The molecule has 3 N–H and O–H groups in total. The number of ether oxygens (including phenoxy) is 4. The van der Waals surface area contributed by atoms with Gasteiger partial charge in [-0.3, -0.25) is 10.2 Å². The van der Waals surface area contributed by atoms with E-state index in [-0.39, 0.29) is 11.9 Å². The van der Waals surface area contributed by atoms with E-state index in [0.717, 1.165) is 22.3 Å². The Kier molecular flexibility index (Phi) is 7.44. The zero-order valence-electron chi connectivity index (χ0n) is 20.8. The smallest absolute Gasteiger partial charge is 0.426 e. The zero-order chi connectivity index (χ0) is 25.0. The minimum Gasteiger partial charge on any atom is -0.493 e. The lowest BCUT2D eigenvalue weighted by Crippen LogP contribution is -2.35. The number of rotatable bonds is 6. The van der Waals surface area contributed by atoms with Gasteiger partial charge in [0.05, 0.1) is 33.1 Å². The highest BCUT2D eigenvalue weighted by Crippen LogP contribution is 2.50. The molecule has 184 valence electrons. The third-order valence-electron chi connectivity index (χ3n) is 5.40. The normalized spacial score (nSPS) is 14.6. The van der Waals surface area contributed by atoms with Crippen molar-refractivity contribution in [3.8, 4) is 28.4 Å². The standard InChI is InChI=1S/C25H33N3O6/c1-14(29)26-19-11-8-15-12-20(31-5)22(32-6)23(33-7)21(15)17-10-9-16(13-18(17)19)27-28-24(30)34-25(2,3)4/h9-10,12-13,19,27H,8,11H2,1-7H3,(H,26,29)(H,28,30)/t19-/m0/s1. The Hall–Kier alpha value is -3.62. The monoisotopic (exact) mass is 471 g/mol. The van der Waals surface area contributed by atoms with Crippen LogP contribution in [0, 0.1) is 0 Å². The van der Waals surface area contributed by atoms with Crippen molar-refractivity contribution in [3.05, 3.63) is 35.4 Å². The maximum atomic E-state index is 12.1. The Bertz CT molecular complexity index is 1080. The van der Waals surface area contributed by atoms with Gasteiger partial charge in [0.25, 0.3) is 0 Å². The number of hydrazine groups is 1. The first-order chi connectivity index (χ1) is 16.1. The third kappa shape index (κ3) is 5.47. The summed E-state index contributed by atoms with van der Waals surface area (Å²) in [5.41, 5.74) is 9.16. The summed E-state index contributed by atoms with van der Waals surface area (Å²) < 4.78 is 22.2. The minimum absolute atomic E-state index is 0.130. The van der Waals surface area contributed by atoms with E-state index in [1.165, 1.54) is 6.92 Å². The number of carbonyl (C=O) groups excluding carboxylic acids is 2. The predicted molar refractivity (Wildman–Crippen MR) is 129 cm³/mol. The summed E-state index contributed by atoms with van der Waals surface area (Å²) in [6.07, 6.45) is 0.760. The number of nitrogens with one attached hydrogen (secondary N) is 3. The van der Waals surface area contributed by atoms with Crippen molar-refractivity contribution in [2.75, 3.05) is 26.8 Å². The van der Waals surface area contributed by atoms with E-state index >= 15 is 0 Å². The van der Waals surface area contributed by atoms with Gasteiger partial charge in [0.15, 0.2) is 11.5 Å². The van der Waals surface area contributed by atoms with Crippen LogP contribution in [0.15, 0.2) is 24.3 Å². The highest BCUT2D eigenvalue weighted by atomic mass is 16.6. The molecule has 1 aliphatic rings. The predicted octanol–water partition coefficient (Wildman–Crippen LogP) is 4.35. The lowest BCUT2D eigenvalue weighted by molar-refractivity contribution is -0.119. The van der Waals surface area contributed by atoms with Gasteiger partial charge in [0, 0.05) is 12.5 Å². The van der Waals surface area contributed by atoms with Gasteiger partial charge in [-0.05, 0) is 68.5 Å². The molecule has 1 atom stereocenters. The van der Waals surface area contributed by atoms with Crippen LogP contribution in [0.1, 0.15) is 51.3 Å². The first-order valence-electron chi connectivity index (χ1n) is 11.1. The van der Waals surface area contributed by atoms with E-state index < -0.39 is 11.7 Å². The topological polar surface area (TPSA) is 107 Å². The SMILES string of the molecule is COc1cc2c(c(OC)c1OC)-c1ccc(NNC(=O)OC(C)(C)C)cc1[C@@H](NC(C)=O)CC2. The Morgan fingerprint density at radius 1 is 1.00 bits per heavy atom. The number of amides is 2. The minimum atomic E-state index is -0.615. The van der Waals surface area contributed by atoms with Gasteiger partial charge in [0.1, 0.15) is 5.60 Å². The second-order valence-electron chi connectivity index (χ2n) is 9.03. The van der Waals surface area contributed by atoms with Gasteiger partial charge in [-0.2, -0.15) is 0 Å². The van der Waals surface area contributed by atoms with Crippen LogP contribution in [-0.4, -0.2) is 38.9 Å². The van der Waals surface area contributed by atoms with Crippen LogP contribution < -0.4 is 30.4 Å². The van der Waals surface area contributed by atoms with Crippen molar-refractivity contribution in [2.45, 2.75) is 52.2 Å². The molecule has 0 aromatic heterocycles. The van der Waals surface area contributed by atoms with Crippen LogP contribution in [-0.2, 0) is 16.0 Å². The van der Waals surface area contributed by atoms with Crippen LogP contribution in [0.4, 0.5) is 10.5 Å². The highest BCUT2D eigenvalue weighted by molar-refractivity contribution is 5.84. The summed E-state index contributed by atoms with van der Waals surface area (Å²) in [7, 11) is 4.75. The molecule has 0 saturated carbocycles. The summed E-state index contributed by atoms with van der Waals surface area (Å²) in [5.74, 6) is 1.52. The fourth-order valence-corrected chi connectivity index (χ4v) is 4.13. The van der Waals surface area contributed by atoms with Gasteiger partial charge < -0.3 is 24.3 Å². The van der Waals surface area contributed by atoms with E-state index in [4.69, 9.17) is 18.9 Å². The second kappa shape index (κ2) is 10.1. The quantitative estimate of drug-likeness (QED) is 0.538. The van der Waals surface area contributed by atoms with Gasteiger partial charge >= 0.3 is 6.09 Å². The molecule has 0 saturated heterocycles. The zero-order valence-corrected chi connectivity index (χ0v) is 20.8. The fraction of sp³-hybridized carbons (Fsp3) is 0.440. The van der Waals surface area contributed by atoms with Crippen LogP contribution in [0.3, 0.4) is 0 Å². The number of anilines is 1. The number of benzene rings is 2. The largest absolute Gasteiger partial charge is 0.493 e. The molecule has 0 heterocycles. The molecule has 0 aliphatic heterocycles. The molecule has 2 amide bonds. The fourth-order valence-electron chi connectivity index (χ4n) is 4.13. The Balaban J connectivity index is 2.08. The molecule has 9 nitrogen and oxygen atoms in total. The maximum Gasteiger partial charge on any atom is 0.426 e. The molecule has 2 aromatic carbocycles. The summed E-state index contributed by atoms with van der Waals surface area (Å²) in [6.45, 7) is 6.87. The molecule has 0 bridgehead atoms. The highest BCUT2D eigenvalue weighted by Gasteiger charge is 2.29. The van der Waals surface area contributed by atoms with Crippen LogP contribution in [0.2, 0.25) is 0 Å². The number of methoxy groups -OCH3 is 3. The van der Waals surface area contributed by atoms with Gasteiger partial charge in [-0.15, -0.1) is 0 Å². The number of hydrogen-bond donors (Lipinski definition) is 3.